The second-order valence-corrected chi connectivity index (χ2v) is 6.46. The molecule has 6 nitrogen and oxygen atoms in total. The van der Waals surface area contributed by atoms with Crippen LogP contribution in [0.15, 0.2) is 18.7 Å². The molecule has 1 fully saturated rings. The first-order chi connectivity index (χ1) is 10.00. The van der Waals surface area contributed by atoms with E-state index in [4.69, 9.17) is 4.74 Å². The standard InChI is InChI=1S/C15H26N4O2/c1-15(2,11-21-3)17-14(20)19-7-4-5-13(10-19)9-18-8-6-16-12-18/h6,8,12-13H,4-5,7,9-11H2,1-3H3,(H,17,20)/t13-/m1/s1. The molecule has 0 bridgehead atoms. The highest BCUT2D eigenvalue weighted by Crippen LogP contribution is 2.19. The molecule has 0 unspecified atom stereocenters. The van der Waals surface area contributed by atoms with E-state index in [9.17, 15) is 4.79 Å². The van der Waals surface area contributed by atoms with Crippen LogP contribution in [0, 0.1) is 5.92 Å². The largest absolute Gasteiger partial charge is 0.382 e. The van der Waals surface area contributed by atoms with E-state index in [-0.39, 0.29) is 11.6 Å². The van der Waals surface area contributed by atoms with E-state index in [0.717, 1.165) is 32.5 Å². The van der Waals surface area contributed by atoms with Crippen LogP contribution >= 0.6 is 0 Å². The fraction of sp³-hybridized carbons (Fsp3) is 0.733. The lowest BCUT2D eigenvalue weighted by atomic mass is 9.98. The van der Waals surface area contributed by atoms with Crippen LogP contribution in [0.4, 0.5) is 4.79 Å². The van der Waals surface area contributed by atoms with Crippen LogP contribution in [-0.4, -0.2) is 52.8 Å². The summed E-state index contributed by atoms with van der Waals surface area (Å²) in [6, 6.07) is 0.00683. The van der Waals surface area contributed by atoms with Crippen LogP contribution in [0.5, 0.6) is 0 Å². The Labute approximate surface area is 126 Å². The molecule has 1 atom stereocenters. The van der Waals surface area contributed by atoms with Crippen molar-refractivity contribution in [3.8, 4) is 0 Å². The van der Waals surface area contributed by atoms with Gasteiger partial charge in [-0.3, -0.25) is 0 Å². The number of methoxy groups -OCH3 is 1. The molecule has 2 heterocycles. The van der Waals surface area contributed by atoms with Crippen molar-refractivity contribution in [3.63, 3.8) is 0 Å². The fourth-order valence-electron chi connectivity index (χ4n) is 2.86. The van der Waals surface area contributed by atoms with Crippen LogP contribution in [0.1, 0.15) is 26.7 Å². The van der Waals surface area contributed by atoms with Crippen molar-refractivity contribution in [2.75, 3.05) is 26.8 Å². The molecule has 1 aromatic rings. The summed E-state index contributed by atoms with van der Waals surface area (Å²) in [4.78, 5) is 18.4. The summed E-state index contributed by atoms with van der Waals surface area (Å²) in [7, 11) is 1.65. The Morgan fingerprint density at radius 1 is 1.52 bits per heavy atom. The van der Waals surface area contributed by atoms with E-state index >= 15 is 0 Å². The summed E-state index contributed by atoms with van der Waals surface area (Å²) in [6.07, 6.45) is 7.81. The fourth-order valence-corrected chi connectivity index (χ4v) is 2.86. The normalized spacial score (nSPS) is 19.6. The first kappa shape index (κ1) is 15.8. The minimum atomic E-state index is -0.344. The highest BCUT2D eigenvalue weighted by Gasteiger charge is 2.27. The SMILES string of the molecule is COCC(C)(C)NC(=O)N1CCC[C@H](Cn2ccnc2)C1. The molecule has 1 N–H and O–H groups in total. The van der Waals surface area contributed by atoms with Crippen LogP contribution in [0.3, 0.4) is 0 Å². The number of carbonyl (C=O) groups is 1. The molecular weight excluding hydrogens is 268 g/mol. The number of nitrogens with zero attached hydrogens (tertiary/aromatic N) is 3. The minimum absolute atomic E-state index is 0.00683. The molecule has 2 rings (SSSR count). The first-order valence-electron chi connectivity index (χ1n) is 7.52. The molecule has 0 spiro atoms. The zero-order valence-electron chi connectivity index (χ0n) is 13.2. The van der Waals surface area contributed by atoms with Crippen molar-refractivity contribution in [2.24, 2.45) is 5.92 Å². The van der Waals surface area contributed by atoms with Crippen molar-refractivity contribution >= 4 is 6.03 Å². The summed E-state index contributed by atoms with van der Waals surface area (Å²) in [5, 5.41) is 3.05. The van der Waals surface area contributed by atoms with Crippen molar-refractivity contribution < 1.29 is 9.53 Å². The van der Waals surface area contributed by atoms with E-state index in [1.807, 2.05) is 31.3 Å². The quantitative estimate of drug-likeness (QED) is 0.899. The summed E-state index contributed by atoms with van der Waals surface area (Å²) in [6.45, 7) is 7.00. The molecule has 21 heavy (non-hydrogen) atoms. The van der Waals surface area contributed by atoms with Crippen molar-refractivity contribution in [3.05, 3.63) is 18.7 Å². The van der Waals surface area contributed by atoms with Crippen molar-refractivity contribution in [1.82, 2.24) is 19.8 Å². The van der Waals surface area contributed by atoms with Gasteiger partial charge in [0.05, 0.1) is 18.5 Å². The van der Waals surface area contributed by atoms with Crippen LogP contribution in [-0.2, 0) is 11.3 Å². The molecule has 1 aliphatic rings. The van der Waals surface area contributed by atoms with E-state index in [1.54, 1.807) is 13.3 Å². The Bertz CT molecular complexity index is 445. The number of ether oxygens (including phenoxy) is 1. The molecular formula is C15H26N4O2. The molecule has 0 radical (unpaired) electrons. The topological polar surface area (TPSA) is 59.4 Å². The van der Waals surface area contributed by atoms with Gasteiger partial charge in [-0.15, -0.1) is 0 Å². The van der Waals surface area contributed by atoms with E-state index in [2.05, 4.69) is 14.9 Å². The molecule has 0 saturated carbocycles. The first-order valence-corrected chi connectivity index (χ1v) is 7.52. The Hall–Kier alpha value is -1.56. The predicted molar refractivity (Wildman–Crippen MR) is 81.0 cm³/mol. The monoisotopic (exact) mass is 294 g/mol. The third-order valence-electron chi connectivity index (χ3n) is 3.78. The highest BCUT2D eigenvalue weighted by molar-refractivity contribution is 5.75. The Morgan fingerprint density at radius 3 is 3.00 bits per heavy atom. The maximum atomic E-state index is 12.4. The number of hydrogen-bond acceptors (Lipinski definition) is 3. The van der Waals surface area contributed by atoms with Gasteiger partial charge in [0.2, 0.25) is 0 Å². The molecule has 1 aliphatic heterocycles. The number of amides is 2. The number of urea groups is 1. The van der Waals surface area contributed by atoms with Crippen LogP contribution < -0.4 is 5.32 Å². The van der Waals surface area contributed by atoms with Gasteiger partial charge in [-0.1, -0.05) is 0 Å². The van der Waals surface area contributed by atoms with E-state index < -0.39 is 0 Å². The highest BCUT2D eigenvalue weighted by atomic mass is 16.5. The summed E-state index contributed by atoms with van der Waals surface area (Å²) >= 11 is 0. The molecule has 118 valence electrons. The second-order valence-electron chi connectivity index (χ2n) is 6.46. The molecule has 1 aromatic heterocycles. The zero-order valence-corrected chi connectivity index (χ0v) is 13.2. The number of piperidine rings is 1. The van der Waals surface area contributed by atoms with E-state index in [0.29, 0.717) is 12.5 Å². The van der Waals surface area contributed by atoms with Gasteiger partial charge in [-0.05, 0) is 32.6 Å². The van der Waals surface area contributed by atoms with Crippen molar-refractivity contribution in [1.29, 1.82) is 0 Å². The lowest BCUT2D eigenvalue weighted by Crippen LogP contribution is -2.54. The number of nitrogens with one attached hydrogen (secondary N) is 1. The zero-order chi connectivity index (χ0) is 15.3. The predicted octanol–water partition coefficient (Wildman–Crippen LogP) is 1.73. The van der Waals surface area contributed by atoms with Gasteiger partial charge >= 0.3 is 6.03 Å². The van der Waals surface area contributed by atoms with Crippen molar-refractivity contribution in [2.45, 2.75) is 38.8 Å². The summed E-state index contributed by atoms with van der Waals surface area (Å²) in [5.41, 5.74) is -0.344. The lowest BCUT2D eigenvalue weighted by Gasteiger charge is -2.35. The third-order valence-corrected chi connectivity index (χ3v) is 3.78. The number of carbonyl (C=O) groups excluding carboxylic acids is 1. The second kappa shape index (κ2) is 6.93. The van der Waals surface area contributed by atoms with Gasteiger partial charge < -0.3 is 19.5 Å². The van der Waals surface area contributed by atoms with E-state index in [1.165, 1.54) is 0 Å². The van der Waals surface area contributed by atoms with Gasteiger partial charge in [0, 0.05) is 39.1 Å². The maximum Gasteiger partial charge on any atom is 0.317 e. The van der Waals surface area contributed by atoms with Gasteiger partial charge in [0.1, 0.15) is 0 Å². The number of likely N-dealkylation sites (tertiary alicyclic amines) is 1. The summed E-state index contributed by atoms with van der Waals surface area (Å²) in [5.74, 6) is 0.490. The minimum Gasteiger partial charge on any atom is -0.382 e. The van der Waals surface area contributed by atoms with Crippen LogP contribution in [0.25, 0.3) is 0 Å². The van der Waals surface area contributed by atoms with Gasteiger partial charge in [-0.25, -0.2) is 9.78 Å². The Morgan fingerprint density at radius 2 is 2.33 bits per heavy atom. The molecule has 2 amide bonds. The van der Waals surface area contributed by atoms with Gasteiger partial charge in [-0.2, -0.15) is 0 Å². The number of hydrogen-bond donors (Lipinski definition) is 1. The van der Waals surface area contributed by atoms with Gasteiger partial charge in [0.25, 0.3) is 0 Å². The maximum absolute atomic E-state index is 12.4. The average Bonchev–Trinajstić information content (AvgIpc) is 2.91. The lowest BCUT2D eigenvalue weighted by molar-refractivity contribution is 0.114. The Kier molecular flexibility index (Phi) is 5.22. The molecule has 1 saturated heterocycles. The Balaban J connectivity index is 1.86. The smallest absolute Gasteiger partial charge is 0.317 e. The molecule has 0 aromatic carbocycles. The molecule has 6 heteroatoms. The number of aromatic nitrogens is 2. The summed E-state index contributed by atoms with van der Waals surface area (Å²) < 4.78 is 7.23. The molecule has 0 aliphatic carbocycles. The average molecular weight is 294 g/mol. The van der Waals surface area contributed by atoms with Gasteiger partial charge in [0.15, 0.2) is 0 Å². The third kappa shape index (κ3) is 4.74. The number of imidazole rings is 1. The number of rotatable bonds is 5. The van der Waals surface area contributed by atoms with Crippen LogP contribution in [0.2, 0.25) is 0 Å².